The van der Waals surface area contributed by atoms with E-state index in [1.807, 2.05) is 24.4 Å². The zero-order valence-corrected chi connectivity index (χ0v) is 42.2. The summed E-state index contributed by atoms with van der Waals surface area (Å²) in [5.41, 5.74) is 13.7. The van der Waals surface area contributed by atoms with Crippen molar-refractivity contribution < 1.29 is 30.4 Å². The molecule has 0 aliphatic rings. The summed E-state index contributed by atoms with van der Waals surface area (Å²) in [7, 11) is 0. The Balaban J connectivity index is 0.00000576. The minimum atomic E-state index is -0.0427. The van der Waals surface area contributed by atoms with Gasteiger partial charge in [-0.3, -0.25) is 0 Å². The molecule has 0 aliphatic heterocycles. The van der Waals surface area contributed by atoms with Gasteiger partial charge in [0.1, 0.15) is 5.82 Å². The van der Waals surface area contributed by atoms with Gasteiger partial charge in [0.05, 0.1) is 17.6 Å². The molecule has 3 aromatic heterocycles. The molecule has 0 saturated carbocycles. The standard InChI is InChI=1S/C59H60N4O.Pt/c1-56(2,3)42-22-26-52-54(33-42)62(38-61(52)37-39-29-44(58(7,8)9)32-45(30-39)59(10,11)12)46-19-16-20-47(35-46)64-48-23-24-49-50-31-41(40-17-14-13-15-18-40)21-25-51(50)63(53(49)36-48)55-34-43(27-28-60-55)57(4,5)6;/h13-34H,37H2,1-12H3;/q-2;. The Kier molecular flexibility index (Phi) is 11.9. The van der Waals surface area contributed by atoms with Crippen molar-refractivity contribution in [3.8, 4) is 34.1 Å². The molecule has 0 N–H and O–H groups in total. The van der Waals surface area contributed by atoms with Crippen LogP contribution in [-0.4, -0.2) is 14.1 Å². The predicted octanol–water partition coefficient (Wildman–Crippen LogP) is 14.5. The molecule has 6 aromatic carbocycles. The molecule has 334 valence electrons. The molecule has 0 saturated heterocycles. The maximum atomic E-state index is 6.71. The van der Waals surface area contributed by atoms with Crippen molar-refractivity contribution in [3.05, 3.63) is 180 Å². The second-order valence-electron chi connectivity index (χ2n) is 21.6. The van der Waals surface area contributed by atoms with Crippen LogP contribution >= 0.6 is 0 Å². The van der Waals surface area contributed by atoms with Crippen molar-refractivity contribution in [3.63, 3.8) is 0 Å². The molecule has 0 amide bonds. The summed E-state index contributed by atoms with van der Waals surface area (Å²) in [6.07, 6.45) is 5.68. The van der Waals surface area contributed by atoms with Crippen LogP contribution in [0.4, 0.5) is 0 Å². The molecule has 6 heteroatoms. The number of fused-ring (bicyclic) bond motifs is 4. The summed E-state index contributed by atoms with van der Waals surface area (Å²) in [4.78, 5) is 4.93. The van der Waals surface area contributed by atoms with Crippen LogP contribution in [-0.2, 0) is 49.3 Å². The third-order valence-electron chi connectivity index (χ3n) is 12.5. The molecular formula is C59H60N4OPt-2. The number of ether oxygens (including phenoxy) is 1. The quantitative estimate of drug-likeness (QED) is 0.118. The SMILES string of the molecule is CC(C)(C)c1cc(C[n+]2[c-]n(-c3[c-]c(Oc4[c-]c5c(cc4)c4cc(-c6ccccc6)ccc4n5-c4cc(C(C)(C)C)ccn4)ccc3)c3cc(C(C)(C)C)ccc32)cc(C(C)(C)C)c1.[Pt]. The second-order valence-corrected chi connectivity index (χ2v) is 21.6. The average Bonchev–Trinajstić information content (AvgIpc) is 3.77. The van der Waals surface area contributed by atoms with E-state index in [2.05, 4.69) is 224 Å². The van der Waals surface area contributed by atoms with Crippen molar-refractivity contribution in [2.75, 3.05) is 0 Å². The van der Waals surface area contributed by atoms with Crippen molar-refractivity contribution in [1.82, 2.24) is 14.1 Å². The largest absolute Gasteiger partial charge is 0.510 e. The van der Waals surface area contributed by atoms with Gasteiger partial charge in [-0.1, -0.05) is 173 Å². The van der Waals surface area contributed by atoms with Crippen molar-refractivity contribution in [1.29, 1.82) is 0 Å². The number of benzene rings is 6. The van der Waals surface area contributed by atoms with E-state index in [0.29, 0.717) is 18.0 Å². The maximum absolute atomic E-state index is 6.71. The normalized spacial score (nSPS) is 12.6. The van der Waals surface area contributed by atoms with E-state index in [4.69, 9.17) is 9.72 Å². The van der Waals surface area contributed by atoms with Crippen molar-refractivity contribution in [2.45, 2.75) is 111 Å². The van der Waals surface area contributed by atoms with Crippen LogP contribution in [0.15, 0.2) is 134 Å². The Morgan fingerprint density at radius 2 is 1.20 bits per heavy atom. The van der Waals surface area contributed by atoms with Gasteiger partial charge in [0.2, 0.25) is 6.33 Å². The van der Waals surface area contributed by atoms with Gasteiger partial charge in [-0.2, -0.15) is 18.2 Å². The van der Waals surface area contributed by atoms with E-state index in [-0.39, 0.29) is 42.7 Å². The van der Waals surface area contributed by atoms with E-state index < -0.39 is 0 Å². The fraction of sp³-hybridized carbons (Fsp3) is 0.288. The molecule has 9 rings (SSSR count). The van der Waals surface area contributed by atoms with Gasteiger partial charge in [0.15, 0.2) is 0 Å². The van der Waals surface area contributed by atoms with Crippen LogP contribution in [0.1, 0.15) is 111 Å². The number of hydrogen-bond donors (Lipinski definition) is 0. The van der Waals surface area contributed by atoms with Crippen LogP contribution in [0.3, 0.4) is 0 Å². The van der Waals surface area contributed by atoms with Gasteiger partial charge >= 0.3 is 0 Å². The van der Waals surface area contributed by atoms with Gasteiger partial charge in [0, 0.05) is 44.3 Å². The summed E-state index contributed by atoms with van der Waals surface area (Å²) < 4.78 is 13.3. The van der Waals surface area contributed by atoms with Crippen LogP contribution < -0.4 is 9.30 Å². The number of pyridine rings is 1. The average molecular weight is 1040 g/mol. The summed E-state index contributed by atoms with van der Waals surface area (Å²) in [5, 5.41) is 2.21. The predicted molar refractivity (Wildman–Crippen MR) is 264 cm³/mol. The summed E-state index contributed by atoms with van der Waals surface area (Å²) in [6, 6.07) is 53.0. The van der Waals surface area contributed by atoms with Gasteiger partial charge < -0.3 is 18.4 Å². The third kappa shape index (κ3) is 9.23. The van der Waals surface area contributed by atoms with Crippen molar-refractivity contribution >= 4 is 32.8 Å². The number of imidazole rings is 1. The second kappa shape index (κ2) is 16.9. The molecule has 0 unspecified atom stereocenters. The van der Waals surface area contributed by atoms with Crippen LogP contribution in [0.25, 0.3) is 55.5 Å². The molecule has 0 fully saturated rings. The van der Waals surface area contributed by atoms with E-state index >= 15 is 0 Å². The molecule has 9 aromatic rings. The fourth-order valence-corrected chi connectivity index (χ4v) is 8.55. The topological polar surface area (TPSA) is 35.9 Å². The van der Waals surface area contributed by atoms with E-state index in [1.165, 1.54) is 33.4 Å². The first kappa shape index (κ1) is 45.8. The third-order valence-corrected chi connectivity index (χ3v) is 12.5. The zero-order chi connectivity index (χ0) is 45.3. The Morgan fingerprint density at radius 1 is 0.538 bits per heavy atom. The molecule has 0 aliphatic carbocycles. The number of rotatable bonds is 7. The molecular weight excluding hydrogens is 976 g/mol. The zero-order valence-electron chi connectivity index (χ0n) is 39.9. The molecule has 65 heavy (non-hydrogen) atoms. The van der Waals surface area contributed by atoms with E-state index in [9.17, 15) is 0 Å². The molecule has 0 radical (unpaired) electrons. The summed E-state index contributed by atoms with van der Waals surface area (Å²) in [5.74, 6) is 2.04. The van der Waals surface area contributed by atoms with Crippen molar-refractivity contribution in [2.24, 2.45) is 0 Å². The minimum Gasteiger partial charge on any atom is -0.510 e. The molecule has 0 atom stereocenters. The molecule has 0 spiro atoms. The van der Waals surface area contributed by atoms with Crippen LogP contribution in [0.5, 0.6) is 11.5 Å². The monoisotopic (exact) mass is 1040 g/mol. The minimum absolute atomic E-state index is 0. The first-order chi connectivity index (χ1) is 30.2. The van der Waals surface area contributed by atoms with E-state index in [0.717, 1.165) is 49.9 Å². The Hall–Kier alpha value is -5.77. The van der Waals surface area contributed by atoms with E-state index in [1.54, 1.807) is 0 Å². The first-order valence-electron chi connectivity index (χ1n) is 22.6. The number of hydrogen-bond acceptors (Lipinski definition) is 2. The summed E-state index contributed by atoms with van der Waals surface area (Å²) in [6.45, 7) is 27.9. The van der Waals surface area contributed by atoms with Gasteiger partial charge in [-0.15, -0.1) is 29.7 Å². The molecule has 5 nitrogen and oxygen atoms in total. The fourth-order valence-electron chi connectivity index (χ4n) is 8.55. The molecule has 0 bridgehead atoms. The number of nitrogens with zero attached hydrogens (tertiary/aromatic N) is 4. The Bertz CT molecular complexity index is 3170. The molecule has 3 heterocycles. The Labute approximate surface area is 400 Å². The van der Waals surface area contributed by atoms with Crippen LogP contribution in [0, 0.1) is 18.5 Å². The Morgan fingerprint density at radius 3 is 1.88 bits per heavy atom. The van der Waals surface area contributed by atoms with Gasteiger partial charge in [-0.05, 0) is 84.2 Å². The van der Waals surface area contributed by atoms with Crippen LogP contribution in [0.2, 0.25) is 0 Å². The number of aromatic nitrogens is 4. The van der Waals surface area contributed by atoms with Gasteiger partial charge in [0.25, 0.3) is 0 Å². The smallest absolute Gasteiger partial charge is 0.242 e. The maximum Gasteiger partial charge on any atom is 0.242 e. The first-order valence-corrected chi connectivity index (χ1v) is 22.6. The summed E-state index contributed by atoms with van der Waals surface area (Å²) >= 11 is 0. The van der Waals surface area contributed by atoms with Gasteiger partial charge in [-0.25, -0.2) is 4.98 Å².